The summed E-state index contributed by atoms with van der Waals surface area (Å²) in [6, 6.07) is 17.2. The van der Waals surface area contributed by atoms with Gasteiger partial charge in [0.1, 0.15) is 17.1 Å². The Kier molecular flexibility index (Phi) is 3.95. The monoisotopic (exact) mass is 383 g/mol. The molecule has 0 bridgehead atoms. The Labute approximate surface area is 165 Å². The third kappa shape index (κ3) is 3.17. The first kappa shape index (κ1) is 16.9. The molecule has 0 saturated carbocycles. The van der Waals surface area contributed by atoms with Crippen molar-refractivity contribution in [2.45, 2.75) is 0 Å². The second-order valence-corrected chi connectivity index (χ2v) is 6.42. The zero-order valence-electron chi connectivity index (χ0n) is 15.0. The SMILES string of the molecule is O=C(Oc1ccc2c(c1)O/C(=C\c1cccnc1)C2=O)c1cc2ccccc2o1. The quantitative estimate of drug-likeness (QED) is 0.291. The standard InChI is InChI=1S/C23H13NO5/c25-22-17-8-7-16(12-19(17)29-20(22)10-14-4-3-9-24-13-14)27-23(26)21-11-15-5-1-2-6-18(15)28-21/h1-13H/b20-10-. The van der Waals surface area contributed by atoms with Gasteiger partial charge in [-0.3, -0.25) is 9.78 Å². The first-order chi connectivity index (χ1) is 14.2. The number of ketones is 1. The summed E-state index contributed by atoms with van der Waals surface area (Å²) in [4.78, 5) is 28.9. The molecule has 1 aliphatic rings. The normalized spacial score (nSPS) is 14.1. The molecular formula is C23H13NO5. The number of carbonyl (C=O) groups excluding carboxylic acids is 2. The van der Waals surface area contributed by atoms with Crippen LogP contribution in [-0.2, 0) is 0 Å². The molecule has 4 aromatic rings. The average Bonchev–Trinajstić information content (AvgIpc) is 3.30. The number of ether oxygens (including phenoxy) is 2. The molecule has 0 N–H and O–H groups in total. The number of nitrogens with zero attached hydrogens (tertiary/aromatic N) is 1. The molecule has 6 nitrogen and oxygen atoms in total. The lowest BCUT2D eigenvalue weighted by Gasteiger charge is -2.04. The number of benzene rings is 2. The third-order valence-corrected chi connectivity index (χ3v) is 4.46. The second kappa shape index (κ2) is 6.76. The van der Waals surface area contributed by atoms with Gasteiger partial charge >= 0.3 is 5.97 Å². The van der Waals surface area contributed by atoms with Crippen LogP contribution < -0.4 is 9.47 Å². The van der Waals surface area contributed by atoms with E-state index in [2.05, 4.69) is 4.98 Å². The van der Waals surface area contributed by atoms with E-state index in [1.165, 1.54) is 6.07 Å². The number of hydrogen-bond donors (Lipinski definition) is 0. The predicted octanol–water partition coefficient (Wildman–Crippen LogP) is 4.66. The molecule has 0 unspecified atom stereocenters. The smallest absolute Gasteiger partial charge is 0.379 e. The van der Waals surface area contributed by atoms with Crippen molar-refractivity contribution in [2.75, 3.05) is 0 Å². The zero-order valence-corrected chi connectivity index (χ0v) is 15.0. The van der Waals surface area contributed by atoms with Crippen LogP contribution in [0.25, 0.3) is 17.0 Å². The molecule has 2 aromatic heterocycles. The molecule has 0 atom stereocenters. The molecule has 0 amide bonds. The highest BCUT2D eigenvalue weighted by molar-refractivity contribution is 6.14. The van der Waals surface area contributed by atoms with Gasteiger partial charge in [-0.25, -0.2) is 4.79 Å². The van der Waals surface area contributed by atoms with E-state index in [4.69, 9.17) is 13.9 Å². The molecule has 2 aromatic carbocycles. The number of esters is 1. The van der Waals surface area contributed by atoms with Crippen LogP contribution >= 0.6 is 0 Å². The van der Waals surface area contributed by atoms with Gasteiger partial charge in [0.05, 0.1) is 5.56 Å². The van der Waals surface area contributed by atoms with Gasteiger partial charge in [0.15, 0.2) is 5.76 Å². The van der Waals surface area contributed by atoms with Crippen LogP contribution in [0.1, 0.15) is 26.5 Å². The van der Waals surface area contributed by atoms with Crippen LogP contribution in [0.5, 0.6) is 11.5 Å². The maximum absolute atomic E-state index is 12.5. The van der Waals surface area contributed by atoms with Gasteiger partial charge in [-0.1, -0.05) is 24.3 Å². The van der Waals surface area contributed by atoms with Gasteiger partial charge in [-0.15, -0.1) is 0 Å². The molecule has 1 aliphatic heterocycles. The summed E-state index contributed by atoms with van der Waals surface area (Å²) in [5.74, 6) is 0.00918. The van der Waals surface area contributed by atoms with Gasteiger partial charge in [-0.05, 0) is 42.0 Å². The summed E-state index contributed by atoms with van der Waals surface area (Å²) >= 11 is 0. The third-order valence-electron chi connectivity index (χ3n) is 4.46. The minimum absolute atomic E-state index is 0.0980. The van der Waals surface area contributed by atoms with Gasteiger partial charge in [-0.2, -0.15) is 0 Å². The van der Waals surface area contributed by atoms with Crippen LogP contribution in [0.3, 0.4) is 0 Å². The van der Waals surface area contributed by atoms with Crippen molar-refractivity contribution >= 4 is 28.8 Å². The van der Waals surface area contributed by atoms with Crippen LogP contribution in [0.2, 0.25) is 0 Å². The summed E-state index contributed by atoms with van der Waals surface area (Å²) in [6.45, 7) is 0. The zero-order chi connectivity index (χ0) is 19.8. The van der Waals surface area contributed by atoms with E-state index in [-0.39, 0.29) is 23.1 Å². The topological polar surface area (TPSA) is 78.6 Å². The van der Waals surface area contributed by atoms with Crippen molar-refractivity contribution < 1.29 is 23.5 Å². The molecule has 6 heteroatoms. The summed E-state index contributed by atoms with van der Waals surface area (Å²) in [6.07, 6.45) is 4.90. The Hall–Kier alpha value is -4.19. The van der Waals surface area contributed by atoms with Gasteiger partial charge in [0.25, 0.3) is 0 Å². The summed E-state index contributed by atoms with van der Waals surface area (Å²) in [7, 11) is 0. The molecule has 0 radical (unpaired) electrons. The molecule has 0 spiro atoms. The average molecular weight is 383 g/mol. The van der Waals surface area contributed by atoms with E-state index < -0.39 is 5.97 Å². The summed E-state index contributed by atoms with van der Waals surface area (Å²) < 4.78 is 16.6. The number of para-hydroxylation sites is 1. The van der Waals surface area contributed by atoms with E-state index in [1.54, 1.807) is 48.8 Å². The maximum atomic E-state index is 12.5. The highest BCUT2D eigenvalue weighted by Gasteiger charge is 2.28. The first-order valence-electron chi connectivity index (χ1n) is 8.86. The Morgan fingerprint density at radius 2 is 1.93 bits per heavy atom. The lowest BCUT2D eigenvalue weighted by atomic mass is 10.1. The Morgan fingerprint density at radius 1 is 1.03 bits per heavy atom. The fourth-order valence-electron chi connectivity index (χ4n) is 3.08. The fourth-order valence-corrected chi connectivity index (χ4v) is 3.08. The van der Waals surface area contributed by atoms with Crippen LogP contribution in [0.15, 0.2) is 83.2 Å². The number of aromatic nitrogens is 1. The molecule has 3 heterocycles. The van der Waals surface area contributed by atoms with Crippen LogP contribution in [-0.4, -0.2) is 16.7 Å². The van der Waals surface area contributed by atoms with E-state index >= 15 is 0 Å². The van der Waals surface area contributed by atoms with Crippen LogP contribution in [0, 0.1) is 0 Å². The van der Waals surface area contributed by atoms with E-state index in [0.29, 0.717) is 16.9 Å². The molecule has 29 heavy (non-hydrogen) atoms. The van der Waals surface area contributed by atoms with Gasteiger partial charge in [0.2, 0.25) is 11.5 Å². The molecule has 0 saturated heterocycles. The fraction of sp³-hybridized carbons (Fsp3) is 0. The minimum atomic E-state index is -0.628. The predicted molar refractivity (Wildman–Crippen MR) is 105 cm³/mol. The number of furan rings is 1. The van der Waals surface area contributed by atoms with Crippen molar-refractivity contribution in [1.82, 2.24) is 4.98 Å². The Balaban J connectivity index is 1.38. The summed E-state index contributed by atoms with van der Waals surface area (Å²) in [5, 5.41) is 0.813. The molecular weight excluding hydrogens is 370 g/mol. The van der Waals surface area contributed by atoms with Crippen molar-refractivity contribution in [2.24, 2.45) is 0 Å². The molecule has 5 rings (SSSR count). The number of fused-ring (bicyclic) bond motifs is 2. The van der Waals surface area contributed by atoms with Gasteiger partial charge in [0, 0.05) is 23.8 Å². The van der Waals surface area contributed by atoms with Crippen molar-refractivity contribution in [3.05, 3.63) is 95.7 Å². The number of hydrogen-bond acceptors (Lipinski definition) is 6. The largest absolute Gasteiger partial charge is 0.452 e. The van der Waals surface area contributed by atoms with Crippen molar-refractivity contribution in [3.8, 4) is 11.5 Å². The van der Waals surface area contributed by atoms with E-state index in [1.807, 2.05) is 24.3 Å². The maximum Gasteiger partial charge on any atom is 0.379 e. The molecule has 140 valence electrons. The molecule has 0 aliphatic carbocycles. The van der Waals surface area contributed by atoms with Crippen LogP contribution in [0.4, 0.5) is 0 Å². The Morgan fingerprint density at radius 3 is 2.76 bits per heavy atom. The van der Waals surface area contributed by atoms with E-state index in [0.717, 1.165) is 10.9 Å². The summed E-state index contributed by atoms with van der Waals surface area (Å²) in [5.41, 5.74) is 1.76. The Bertz CT molecular complexity index is 1250. The minimum Gasteiger partial charge on any atom is -0.452 e. The highest BCUT2D eigenvalue weighted by atomic mass is 16.5. The van der Waals surface area contributed by atoms with Gasteiger partial charge < -0.3 is 13.9 Å². The second-order valence-electron chi connectivity index (χ2n) is 6.42. The highest BCUT2D eigenvalue weighted by Crippen LogP contribution is 2.35. The number of Topliss-reactive ketones (excluding diaryl/α,β-unsaturated/α-hetero) is 1. The number of pyridine rings is 1. The first-order valence-corrected chi connectivity index (χ1v) is 8.86. The number of allylic oxidation sites excluding steroid dienone is 1. The van der Waals surface area contributed by atoms with Crippen molar-refractivity contribution in [3.63, 3.8) is 0 Å². The number of carbonyl (C=O) groups is 2. The molecule has 0 fully saturated rings. The van der Waals surface area contributed by atoms with E-state index in [9.17, 15) is 9.59 Å². The lowest BCUT2D eigenvalue weighted by molar-refractivity contribution is 0.0703. The number of rotatable bonds is 3. The van der Waals surface area contributed by atoms with Crippen molar-refractivity contribution in [1.29, 1.82) is 0 Å². The lowest BCUT2D eigenvalue weighted by Crippen LogP contribution is -2.07.